The molecule has 0 saturated heterocycles. The molecule has 0 aliphatic heterocycles. The van der Waals surface area contributed by atoms with Crippen molar-refractivity contribution in [2.75, 3.05) is 19.0 Å². The lowest BCUT2D eigenvalue weighted by Crippen LogP contribution is -2.53. The quantitative estimate of drug-likeness (QED) is 0.689. The average Bonchev–Trinajstić information content (AvgIpc) is 2.61. The summed E-state index contributed by atoms with van der Waals surface area (Å²) in [6.07, 6.45) is 4.08. The van der Waals surface area contributed by atoms with Crippen LogP contribution in [0.3, 0.4) is 0 Å². The molecule has 0 saturated carbocycles. The summed E-state index contributed by atoms with van der Waals surface area (Å²) in [5.41, 5.74) is 4.15. The normalized spacial score (nSPS) is 11.4. The summed E-state index contributed by atoms with van der Waals surface area (Å²) >= 11 is 0. The van der Waals surface area contributed by atoms with Crippen LogP contribution in [-0.2, 0) is 14.1 Å². The van der Waals surface area contributed by atoms with Gasteiger partial charge in [0.25, 0.3) is 0 Å². The lowest BCUT2D eigenvalue weighted by molar-refractivity contribution is -0.692. The maximum Gasteiger partial charge on any atom is 0.498 e. The summed E-state index contributed by atoms with van der Waals surface area (Å²) in [6, 6.07) is 14.7. The van der Waals surface area contributed by atoms with Crippen molar-refractivity contribution in [1.82, 2.24) is 4.57 Å². The third kappa shape index (κ3) is 3.07. The summed E-state index contributed by atoms with van der Waals surface area (Å²) < 4.78 is 3.32. The first kappa shape index (κ1) is 17.0. The first-order valence-corrected chi connectivity index (χ1v) is 8.34. The molecule has 0 aliphatic rings. The molecule has 3 aromatic rings. The number of aryl methyl sites for hydroxylation is 1. The van der Waals surface area contributed by atoms with Crippen LogP contribution in [0.1, 0.15) is 17.0 Å². The molecule has 0 bridgehead atoms. The molecule has 0 unspecified atom stereocenters. The Balaban J connectivity index is 2.12. The summed E-state index contributed by atoms with van der Waals surface area (Å²) in [5.74, 6) is 0. The minimum atomic E-state index is -0.0209. The van der Waals surface area contributed by atoms with Crippen molar-refractivity contribution in [3.8, 4) is 0 Å². The third-order valence-electron chi connectivity index (χ3n) is 4.70. The maximum atomic E-state index is 12.2. The van der Waals surface area contributed by atoms with Gasteiger partial charge in [-0.15, -0.1) is 0 Å². The van der Waals surface area contributed by atoms with Gasteiger partial charge in [0.05, 0.1) is 14.1 Å². The van der Waals surface area contributed by atoms with Crippen LogP contribution in [0.2, 0.25) is 0 Å². The molecule has 0 spiro atoms. The van der Waals surface area contributed by atoms with Crippen molar-refractivity contribution in [3.05, 3.63) is 69.9 Å². The number of fused-ring (bicyclic) bond motifs is 1. The first-order valence-electron chi connectivity index (χ1n) is 8.34. The van der Waals surface area contributed by atoms with Crippen molar-refractivity contribution in [2.45, 2.75) is 6.92 Å². The zero-order valence-electron chi connectivity index (χ0n) is 15.4. The van der Waals surface area contributed by atoms with Crippen molar-refractivity contribution in [3.63, 3.8) is 0 Å². The monoisotopic (exact) mass is 334 g/mol. The Morgan fingerprint density at radius 1 is 1.04 bits per heavy atom. The highest BCUT2D eigenvalue weighted by molar-refractivity contribution is 6.00. The maximum absolute atomic E-state index is 12.2. The van der Waals surface area contributed by atoms with E-state index in [1.807, 2.05) is 19.1 Å². The van der Waals surface area contributed by atoms with Crippen LogP contribution >= 0.6 is 0 Å². The van der Waals surface area contributed by atoms with Crippen LogP contribution < -0.4 is 15.2 Å². The molecule has 0 aliphatic carbocycles. The molecule has 1 heterocycles. The van der Waals surface area contributed by atoms with E-state index in [1.165, 1.54) is 16.5 Å². The van der Waals surface area contributed by atoms with Gasteiger partial charge in [-0.1, -0.05) is 36.4 Å². The second-order valence-corrected chi connectivity index (χ2v) is 6.56. The van der Waals surface area contributed by atoms with Crippen LogP contribution in [0, 0.1) is 6.92 Å². The molecule has 128 valence electrons. The predicted octanol–water partition coefficient (Wildman–Crippen LogP) is 2.91. The Hall–Kier alpha value is -2.88. The van der Waals surface area contributed by atoms with E-state index in [1.54, 1.807) is 23.2 Å². The summed E-state index contributed by atoms with van der Waals surface area (Å²) in [4.78, 5) is 14.4. The van der Waals surface area contributed by atoms with Gasteiger partial charge >= 0.3 is 5.69 Å². The number of nitrogens with zero attached hydrogens (tertiary/aromatic N) is 3. The van der Waals surface area contributed by atoms with Crippen LogP contribution in [0.25, 0.3) is 22.9 Å². The summed E-state index contributed by atoms with van der Waals surface area (Å²) in [5, 5.41) is 2.42. The fourth-order valence-electron chi connectivity index (χ4n) is 3.07. The Kier molecular flexibility index (Phi) is 4.45. The topological polar surface area (TPSA) is 29.1 Å². The molecule has 0 amide bonds. The van der Waals surface area contributed by atoms with E-state index in [-0.39, 0.29) is 5.69 Å². The van der Waals surface area contributed by atoms with E-state index < -0.39 is 0 Å². The van der Waals surface area contributed by atoms with Gasteiger partial charge in [-0.3, -0.25) is 0 Å². The molecule has 2 aromatic carbocycles. The van der Waals surface area contributed by atoms with Gasteiger partial charge in [0.1, 0.15) is 11.4 Å². The molecule has 1 aromatic heterocycles. The van der Waals surface area contributed by atoms with Gasteiger partial charge in [-0.05, 0) is 30.0 Å². The first-order chi connectivity index (χ1) is 11.9. The van der Waals surface area contributed by atoms with Crippen molar-refractivity contribution in [2.24, 2.45) is 14.1 Å². The standard InChI is InChI=1S/C21H24N3O/c1-15-14-17(24(5)21(25)23(15)4)12-10-16-11-13-20(22(2)3)19-9-7-6-8-18(16)19/h6-14H,1-5H3/q+1. The second-order valence-electron chi connectivity index (χ2n) is 6.56. The van der Waals surface area contributed by atoms with Gasteiger partial charge in [0.15, 0.2) is 0 Å². The molecule has 0 N–H and O–H groups in total. The highest BCUT2D eigenvalue weighted by Crippen LogP contribution is 2.29. The van der Waals surface area contributed by atoms with Gasteiger partial charge in [0, 0.05) is 31.2 Å². The lowest BCUT2D eigenvalue weighted by atomic mass is 10.0. The largest absolute Gasteiger partial charge is 0.498 e. The summed E-state index contributed by atoms with van der Waals surface area (Å²) in [7, 11) is 7.70. The average molecular weight is 334 g/mol. The molecule has 0 fully saturated rings. The predicted molar refractivity (Wildman–Crippen MR) is 105 cm³/mol. The Bertz CT molecular complexity index is 1030. The van der Waals surface area contributed by atoms with E-state index in [0.717, 1.165) is 17.0 Å². The number of benzene rings is 2. The highest BCUT2D eigenvalue weighted by Gasteiger charge is 2.12. The zero-order valence-corrected chi connectivity index (χ0v) is 15.4. The van der Waals surface area contributed by atoms with E-state index in [9.17, 15) is 4.79 Å². The molecular weight excluding hydrogens is 310 g/mol. The molecule has 4 nitrogen and oxygen atoms in total. The molecule has 0 atom stereocenters. The van der Waals surface area contributed by atoms with Crippen molar-refractivity contribution >= 4 is 28.6 Å². The minimum Gasteiger partial charge on any atom is -0.377 e. The van der Waals surface area contributed by atoms with Gasteiger partial charge < -0.3 is 4.90 Å². The Labute approximate surface area is 148 Å². The zero-order chi connectivity index (χ0) is 18.1. The van der Waals surface area contributed by atoms with Crippen molar-refractivity contribution < 1.29 is 4.57 Å². The van der Waals surface area contributed by atoms with Crippen LogP contribution in [-0.4, -0.2) is 18.7 Å². The smallest absolute Gasteiger partial charge is 0.377 e. The number of anilines is 1. The number of hydrogen-bond donors (Lipinski definition) is 0. The number of hydrogen-bond acceptors (Lipinski definition) is 2. The van der Waals surface area contributed by atoms with E-state index in [2.05, 4.69) is 61.5 Å². The molecule has 25 heavy (non-hydrogen) atoms. The second kappa shape index (κ2) is 6.55. The highest BCUT2D eigenvalue weighted by atomic mass is 16.1. The SMILES string of the molecule is Cc1cc(/C=C/c2ccc(N(C)C)c3ccccc23)[n+](C)c(=O)n1C. The van der Waals surface area contributed by atoms with E-state index in [4.69, 9.17) is 0 Å². The van der Waals surface area contributed by atoms with Crippen molar-refractivity contribution in [1.29, 1.82) is 0 Å². The van der Waals surface area contributed by atoms with E-state index in [0.29, 0.717) is 0 Å². The lowest BCUT2D eigenvalue weighted by Gasteiger charge is -2.16. The number of aromatic nitrogens is 2. The van der Waals surface area contributed by atoms with Gasteiger partial charge in [-0.2, -0.15) is 13.9 Å². The van der Waals surface area contributed by atoms with Gasteiger partial charge in [0.2, 0.25) is 0 Å². The molecule has 4 heteroatoms. The summed E-state index contributed by atoms with van der Waals surface area (Å²) in [6.45, 7) is 1.94. The minimum absolute atomic E-state index is 0.0209. The fraction of sp³-hybridized carbons (Fsp3) is 0.238. The molecule has 0 radical (unpaired) electrons. The van der Waals surface area contributed by atoms with E-state index >= 15 is 0 Å². The van der Waals surface area contributed by atoms with Crippen LogP contribution in [0.4, 0.5) is 5.69 Å². The number of rotatable bonds is 3. The molecule has 3 rings (SSSR count). The molecular formula is C21H24N3O+. The Morgan fingerprint density at radius 2 is 1.72 bits per heavy atom. The fourth-order valence-corrected chi connectivity index (χ4v) is 3.07. The van der Waals surface area contributed by atoms with Crippen LogP contribution in [0.15, 0.2) is 47.3 Å². The van der Waals surface area contributed by atoms with Crippen LogP contribution in [0.5, 0.6) is 0 Å². The third-order valence-corrected chi connectivity index (χ3v) is 4.70. The van der Waals surface area contributed by atoms with Gasteiger partial charge in [-0.25, -0.2) is 0 Å². The Morgan fingerprint density at radius 3 is 2.40 bits per heavy atom.